The van der Waals surface area contributed by atoms with Crippen LogP contribution in [-0.2, 0) is 6.42 Å². The second-order valence-electron chi connectivity index (χ2n) is 3.40. The number of nitrogens with one attached hydrogen (secondary N) is 1. The van der Waals surface area contributed by atoms with Crippen LogP contribution in [0, 0.1) is 0 Å². The molecule has 2 aromatic heterocycles. The molecule has 86 valence electrons. The zero-order valence-corrected chi connectivity index (χ0v) is 13.5. The predicted molar refractivity (Wildman–Crippen MR) is 79.5 cm³/mol. The van der Waals surface area contributed by atoms with Gasteiger partial charge in [-0.05, 0) is 62.0 Å². The minimum Gasteiger partial charge on any atom is -0.313 e. The van der Waals surface area contributed by atoms with Gasteiger partial charge in [0.2, 0.25) is 0 Å². The van der Waals surface area contributed by atoms with Gasteiger partial charge in [-0.25, -0.2) is 0 Å². The van der Waals surface area contributed by atoms with E-state index < -0.39 is 0 Å². The second kappa shape index (κ2) is 5.78. The summed E-state index contributed by atoms with van der Waals surface area (Å²) in [5.74, 6) is 0. The first-order chi connectivity index (χ1) is 7.70. The van der Waals surface area contributed by atoms with Crippen molar-refractivity contribution < 1.29 is 0 Å². The predicted octanol–water partition coefficient (Wildman–Crippen LogP) is 4.84. The summed E-state index contributed by atoms with van der Waals surface area (Å²) < 4.78 is 2.37. The fourth-order valence-electron chi connectivity index (χ4n) is 1.59. The summed E-state index contributed by atoms with van der Waals surface area (Å²) in [5, 5.41) is 5.50. The maximum Gasteiger partial charge on any atom is 0.0758 e. The van der Waals surface area contributed by atoms with Crippen molar-refractivity contribution in [2.75, 3.05) is 7.05 Å². The molecule has 0 saturated carbocycles. The van der Waals surface area contributed by atoms with Gasteiger partial charge < -0.3 is 5.32 Å². The topological polar surface area (TPSA) is 12.0 Å². The smallest absolute Gasteiger partial charge is 0.0758 e. The van der Waals surface area contributed by atoms with E-state index in [2.05, 4.69) is 60.8 Å². The molecule has 0 radical (unpaired) electrons. The Balaban J connectivity index is 2.19. The van der Waals surface area contributed by atoms with Crippen molar-refractivity contribution in [1.82, 2.24) is 5.32 Å². The van der Waals surface area contributed by atoms with Crippen LogP contribution in [0.5, 0.6) is 0 Å². The molecule has 16 heavy (non-hydrogen) atoms. The summed E-state index contributed by atoms with van der Waals surface area (Å²) in [6.45, 7) is 0. The third kappa shape index (κ3) is 2.96. The van der Waals surface area contributed by atoms with E-state index >= 15 is 0 Å². The highest BCUT2D eigenvalue weighted by atomic mass is 79.9. The van der Waals surface area contributed by atoms with E-state index in [1.165, 1.54) is 18.0 Å². The Labute approximate surface area is 120 Å². The van der Waals surface area contributed by atoms with Crippen LogP contribution in [0.25, 0.3) is 0 Å². The number of thiophene rings is 2. The molecule has 1 atom stereocenters. The SMILES string of the molecule is CNC(Cc1cccs1)c1cc(Br)sc1Br. The highest BCUT2D eigenvalue weighted by Crippen LogP contribution is 2.36. The highest BCUT2D eigenvalue weighted by Gasteiger charge is 2.16. The first-order valence-corrected chi connectivity index (χ1v) is 8.13. The van der Waals surface area contributed by atoms with Crippen molar-refractivity contribution in [1.29, 1.82) is 0 Å². The summed E-state index contributed by atoms with van der Waals surface area (Å²) >= 11 is 10.7. The molecule has 0 bridgehead atoms. The maximum absolute atomic E-state index is 3.61. The fraction of sp³-hybridized carbons (Fsp3) is 0.273. The normalized spacial score (nSPS) is 12.9. The minimum atomic E-state index is 0.371. The van der Waals surface area contributed by atoms with Crippen LogP contribution >= 0.6 is 54.5 Å². The Bertz CT molecular complexity index is 451. The van der Waals surface area contributed by atoms with E-state index in [-0.39, 0.29) is 0 Å². The van der Waals surface area contributed by atoms with E-state index in [0.29, 0.717) is 6.04 Å². The summed E-state index contributed by atoms with van der Waals surface area (Å²) in [4.78, 5) is 1.41. The standard InChI is InChI=1S/C11H11Br2NS2/c1-14-9(5-7-3-2-4-15-7)8-6-10(12)16-11(8)13/h2-4,6,9,14H,5H2,1H3. The molecule has 2 heterocycles. The Morgan fingerprint density at radius 2 is 2.25 bits per heavy atom. The molecule has 1 unspecified atom stereocenters. The average Bonchev–Trinajstić information content (AvgIpc) is 2.85. The maximum atomic E-state index is 3.61. The van der Waals surface area contributed by atoms with Crippen molar-refractivity contribution in [2.45, 2.75) is 12.5 Å². The summed E-state index contributed by atoms with van der Waals surface area (Å²) in [6.07, 6.45) is 1.04. The fourth-order valence-corrected chi connectivity index (χ4v) is 5.31. The van der Waals surface area contributed by atoms with Crippen LogP contribution in [0.15, 0.2) is 31.2 Å². The molecular formula is C11H11Br2NS2. The lowest BCUT2D eigenvalue weighted by Gasteiger charge is -2.14. The number of halogens is 2. The third-order valence-corrected chi connectivity index (χ3v) is 5.68. The van der Waals surface area contributed by atoms with E-state index in [4.69, 9.17) is 0 Å². The first-order valence-electron chi connectivity index (χ1n) is 4.85. The van der Waals surface area contributed by atoms with Gasteiger partial charge in [-0.1, -0.05) is 6.07 Å². The van der Waals surface area contributed by atoms with Gasteiger partial charge in [0.25, 0.3) is 0 Å². The van der Waals surface area contributed by atoms with Gasteiger partial charge in [0.15, 0.2) is 0 Å². The van der Waals surface area contributed by atoms with Gasteiger partial charge in [-0.2, -0.15) is 0 Å². The lowest BCUT2D eigenvalue weighted by Crippen LogP contribution is -2.18. The molecule has 0 aliphatic rings. The minimum absolute atomic E-state index is 0.371. The number of likely N-dealkylation sites (N-methyl/N-ethyl adjacent to an activating group) is 1. The summed E-state index contributed by atoms with van der Waals surface area (Å²) in [6, 6.07) is 6.84. The Morgan fingerprint density at radius 1 is 1.44 bits per heavy atom. The lowest BCUT2D eigenvalue weighted by atomic mass is 10.1. The monoisotopic (exact) mass is 379 g/mol. The molecule has 0 spiro atoms. The van der Waals surface area contributed by atoms with E-state index in [1.54, 1.807) is 11.3 Å². The van der Waals surface area contributed by atoms with Gasteiger partial charge in [-0.15, -0.1) is 22.7 Å². The zero-order chi connectivity index (χ0) is 11.5. The zero-order valence-electron chi connectivity index (χ0n) is 8.67. The molecule has 0 saturated heterocycles. The molecule has 5 heteroatoms. The van der Waals surface area contributed by atoms with Crippen molar-refractivity contribution in [3.8, 4) is 0 Å². The van der Waals surface area contributed by atoms with Crippen LogP contribution < -0.4 is 5.32 Å². The molecule has 2 rings (SSSR count). The van der Waals surface area contributed by atoms with Gasteiger partial charge in [0.1, 0.15) is 0 Å². The average molecular weight is 381 g/mol. The van der Waals surface area contributed by atoms with Gasteiger partial charge in [0, 0.05) is 17.3 Å². The molecule has 0 aliphatic carbocycles. The van der Waals surface area contributed by atoms with Crippen molar-refractivity contribution in [2.24, 2.45) is 0 Å². The van der Waals surface area contributed by atoms with Crippen LogP contribution in [0.3, 0.4) is 0 Å². The van der Waals surface area contributed by atoms with E-state index in [0.717, 1.165) is 6.42 Å². The number of hydrogen-bond acceptors (Lipinski definition) is 3. The first kappa shape index (κ1) is 12.8. The van der Waals surface area contributed by atoms with Gasteiger partial charge >= 0.3 is 0 Å². The van der Waals surface area contributed by atoms with Crippen LogP contribution in [-0.4, -0.2) is 7.05 Å². The van der Waals surface area contributed by atoms with Gasteiger partial charge in [0.05, 0.1) is 7.57 Å². The Kier molecular flexibility index (Phi) is 4.61. The van der Waals surface area contributed by atoms with E-state index in [9.17, 15) is 0 Å². The lowest BCUT2D eigenvalue weighted by molar-refractivity contribution is 0.596. The highest BCUT2D eigenvalue weighted by molar-refractivity contribution is 9.12. The number of hydrogen-bond donors (Lipinski definition) is 1. The molecule has 1 nitrogen and oxygen atoms in total. The van der Waals surface area contributed by atoms with Crippen molar-refractivity contribution >= 4 is 54.5 Å². The summed E-state index contributed by atoms with van der Waals surface area (Å²) in [7, 11) is 2.01. The van der Waals surface area contributed by atoms with Crippen LogP contribution in [0.2, 0.25) is 0 Å². The van der Waals surface area contributed by atoms with Crippen molar-refractivity contribution in [3.63, 3.8) is 0 Å². The van der Waals surface area contributed by atoms with Crippen LogP contribution in [0.1, 0.15) is 16.5 Å². The summed E-state index contributed by atoms with van der Waals surface area (Å²) in [5.41, 5.74) is 1.33. The van der Waals surface area contributed by atoms with Crippen molar-refractivity contribution in [3.05, 3.63) is 41.6 Å². The molecule has 1 N–H and O–H groups in total. The molecular weight excluding hydrogens is 370 g/mol. The van der Waals surface area contributed by atoms with E-state index in [1.807, 2.05) is 18.4 Å². The van der Waals surface area contributed by atoms with Gasteiger partial charge in [-0.3, -0.25) is 0 Å². The largest absolute Gasteiger partial charge is 0.313 e. The van der Waals surface area contributed by atoms with Crippen LogP contribution in [0.4, 0.5) is 0 Å². The Morgan fingerprint density at radius 3 is 2.75 bits per heavy atom. The third-order valence-electron chi connectivity index (χ3n) is 2.39. The molecule has 0 fully saturated rings. The molecule has 0 amide bonds. The molecule has 0 aliphatic heterocycles. The quantitative estimate of drug-likeness (QED) is 0.800. The Hall–Kier alpha value is 0.320. The second-order valence-corrected chi connectivity index (χ2v) is 8.19. The molecule has 0 aromatic carbocycles. The number of rotatable bonds is 4. The molecule has 2 aromatic rings.